The highest BCUT2D eigenvalue weighted by atomic mass is 16.5. The van der Waals surface area contributed by atoms with Gasteiger partial charge in [0.05, 0.1) is 0 Å². The molecule has 1 heterocycles. The first-order chi connectivity index (χ1) is 9.11. The largest absolute Gasteiger partial charge is 0.367 e. The molecule has 100 valence electrons. The molecule has 1 aliphatic heterocycles. The molecule has 0 saturated carbocycles. The van der Waals surface area contributed by atoms with Crippen LogP contribution in [-0.4, -0.2) is 42.8 Å². The highest BCUT2D eigenvalue weighted by Crippen LogP contribution is 2.19. The van der Waals surface area contributed by atoms with E-state index in [1.54, 1.807) is 24.3 Å². The van der Waals surface area contributed by atoms with Crippen molar-refractivity contribution < 1.29 is 19.1 Å². The van der Waals surface area contributed by atoms with Gasteiger partial charge in [-0.3, -0.25) is 19.7 Å². The summed E-state index contributed by atoms with van der Waals surface area (Å²) in [6, 6.07) is 8.94. The smallest absolute Gasteiger partial charge is 0.257 e. The maximum atomic E-state index is 12.3. The molecule has 19 heavy (non-hydrogen) atoms. The predicted octanol–water partition coefficient (Wildman–Crippen LogP) is -0.141. The lowest BCUT2D eigenvalue weighted by atomic mass is 10.1. The molecule has 1 aromatic rings. The maximum absolute atomic E-state index is 12.3. The first-order valence-electron chi connectivity index (χ1n) is 5.81. The maximum Gasteiger partial charge on any atom is 0.257 e. The number of carbonyl (C=O) groups excluding carboxylic acids is 3. The Labute approximate surface area is 110 Å². The van der Waals surface area contributed by atoms with Crippen LogP contribution in [0.5, 0.6) is 0 Å². The number of carbonyl (C=O) groups is 3. The van der Waals surface area contributed by atoms with Gasteiger partial charge in [-0.25, -0.2) is 0 Å². The molecule has 0 radical (unpaired) electrons. The molecule has 1 aromatic carbocycles. The van der Waals surface area contributed by atoms with Crippen LogP contribution in [0.2, 0.25) is 0 Å². The normalized spacial score (nSPS) is 17.0. The Kier molecular flexibility index (Phi) is 3.91. The number of nitrogens with one attached hydrogen (secondary N) is 1. The number of hydrogen-bond donors (Lipinski definition) is 1. The van der Waals surface area contributed by atoms with Crippen molar-refractivity contribution in [2.45, 2.75) is 6.10 Å². The first-order valence-corrected chi connectivity index (χ1v) is 5.81. The van der Waals surface area contributed by atoms with Crippen molar-refractivity contribution in [3.8, 4) is 0 Å². The monoisotopic (exact) mass is 262 g/mol. The summed E-state index contributed by atoms with van der Waals surface area (Å²) in [6.07, 6.45) is -0.806. The number of nitrogens with zero attached hydrogens (tertiary/aromatic N) is 1. The second-order valence-corrected chi connectivity index (χ2v) is 4.19. The first kappa shape index (κ1) is 13.2. The minimum absolute atomic E-state index is 0.128. The van der Waals surface area contributed by atoms with E-state index < -0.39 is 23.8 Å². The van der Waals surface area contributed by atoms with Gasteiger partial charge in [-0.05, 0) is 5.56 Å². The van der Waals surface area contributed by atoms with Crippen LogP contribution in [0.1, 0.15) is 11.7 Å². The van der Waals surface area contributed by atoms with Crippen LogP contribution in [0.25, 0.3) is 0 Å². The predicted molar refractivity (Wildman–Crippen MR) is 65.9 cm³/mol. The van der Waals surface area contributed by atoms with Gasteiger partial charge in [0.25, 0.3) is 5.91 Å². The Balaban J connectivity index is 2.17. The van der Waals surface area contributed by atoms with Crippen LogP contribution < -0.4 is 5.32 Å². The molecular formula is C13H14N2O4. The van der Waals surface area contributed by atoms with Gasteiger partial charge in [-0.2, -0.15) is 0 Å². The second kappa shape index (κ2) is 5.62. The molecule has 2 rings (SSSR count). The van der Waals surface area contributed by atoms with E-state index in [1.807, 2.05) is 6.07 Å². The summed E-state index contributed by atoms with van der Waals surface area (Å²) < 4.78 is 5.19. The number of amides is 3. The average Bonchev–Trinajstić information content (AvgIpc) is 2.39. The number of piperazine rings is 1. The van der Waals surface area contributed by atoms with E-state index in [0.717, 1.165) is 0 Å². The summed E-state index contributed by atoms with van der Waals surface area (Å²) in [7, 11) is 1.42. The summed E-state index contributed by atoms with van der Waals surface area (Å²) in [5.41, 5.74) is 0.688. The quantitative estimate of drug-likeness (QED) is 0.769. The number of rotatable bonds is 3. The van der Waals surface area contributed by atoms with E-state index in [1.165, 1.54) is 12.0 Å². The third kappa shape index (κ3) is 2.97. The summed E-state index contributed by atoms with van der Waals surface area (Å²) in [5.74, 6) is -1.35. The average molecular weight is 262 g/mol. The molecule has 1 fully saturated rings. The summed E-state index contributed by atoms with van der Waals surface area (Å²) >= 11 is 0. The topological polar surface area (TPSA) is 75.7 Å². The van der Waals surface area contributed by atoms with E-state index in [4.69, 9.17) is 4.74 Å². The fourth-order valence-corrected chi connectivity index (χ4v) is 1.97. The fourth-order valence-electron chi connectivity index (χ4n) is 1.97. The lowest BCUT2D eigenvalue weighted by Gasteiger charge is -2.28. The fraction of sp³-hybridized carbons (Fsp3) is 0.308. The molecule has 0 aliphatic carbocycles. The number of methoxy groups -OCH3 is 1. The Morgan fingerprint density at radius 3 is 2.32 bits per heavy atom. The molecule has 1 N–H and O–H groups in total. The van der Waals surface area contributed by atoms with E-state index in [9.17, 15) is 14.4 Å². The standard InChI is InChI=1S/C13H14N2O4/c1-19-12(9-5-3-2-4-6-9)13(18)15-7-10(16)14-11(17)8-15/h2-6,12H,7-8H2,1H3,(H,14,16,17). The van der Waals surface area contributed by atoms with Gasteiger partial charge in [0.1, 0.15) is 13.1 Å². The molecule has 1 saturated heterocycles. The number of ether oxygens (including phenoxy) is 1. The molecule has 1 atom stereocenters. The molecule has 6 nitrogen and oxygen atoms in total. The summed E-state index contributed by atoms with van der Waals surface area (Å²) in [6.45, 7) is -0.255. The second-order valence-electron chi connectivity index (χ2n) is 4.19. The summed E-state index contributed by atoms with van der Waals surface area (Å²) in [4.78, 5) is 36.0. The van der Waals surface area contributed by atoms with Gasteiger partial charge >= 0.3 is 0 Å². The van der Waals surface area contributed by atoms with Crippen molar-refractivity contribution >= 4 is 17.7 Å². The van der Waals surface area contributed by atoms with Crippen molar-refractivity contribution in [3.05, 3.63) is 35.9 Å². The molecule has 0 spiro atoms. The Bertz CT molecular complexity index is 485. The van der Waals surface area contributed by atoms with Gasteiger partial charge in [0.2, 0.25) is 11.8 Å². The lowest BCUT2D eigenvalue weighted by molar-refractivity contribution is -0.151. The van der Waals surface area contributed by atoms with Gasteiger partial charge in [-0.1, -0.05) is 30.3 Å². The van der Waals surface area contributed by atoms with Crippen LogP contribution in [0.4, 0.5) is 0 Å². The zero-order chi connectivity index (χ0) is 13.8. The van der Waals surface area contributed by atoms with Gasteiger partial charge in [-0.15, -0.1) is 0 Å². The number of benzene rings is 1. The third-order valence-electron chi connectivity index (χ3n) is 2.82. The third-order valence-corrected chi connectivity index (χ3v) is 2.82. The van der Waals surface area contributed by atoms with E-state index >= 15 is 0 Å². The lowest BCUT2D eigenvalue weighted by Crippen LogP contribution is -2.54. The molecule has 6 heteroatoms. The Morgan fingerprint density at radius 2 is 1.79 bits per heavy atom. The van der Waals surface area contributed by atoms with Crippen LogP contribution in [0, 0.1) is 0 Å². The number of imide groups is 1. The molecule has 0 bridgehead atoms. The molecule has 1 unspecified atom stereocenters. The zero-order valence-corrected chi connectivity index (χ0v) is 10.5. The van der Waals surface area contributed by atoms with Gasteiger partial charge < -0.3 is 9.64 Å². The van der Waals surface area contributed by atoms with Crippen molar-refractivity contribution in [1.82, 2.24) is 10.2 Å². The Morgan fingerprint density at radius 1 is 1.21 bits per heavy atom. The zero-order valence-electron chi connectivity index (χ0n) is 10.5. The van der Waals surface area contributed by atoms with Crippen LogP contribution >= 0.6 is 0 Å². The highest BCUT2D eigenvalue weighted by molar-refractivity contribution is 6.03. The van der Waals surface area contributed by atoms with Crippen LogP contribution in [-0.2, 0) is 19.1 Å². The minimum Gasteiger partial charge on any atom is -0.367 e. The minimum atomic E-state index is -0.806. The van der Waals surface area contributed by atoms with Gasteiger partial charge in [0.15, 0.2) is 6.10 Å². The molecule has 0 aromatic heterocycles. The van der Waals surface area contributed by atoms with Crippen LogP contribution in [0.15, 0.2) is 30.3 Å². The van der Waals surface area contributed by atoms with Crippen molar-refractivity contribution in [3.63, 3.8) is 0 Å². The SMILES string of the molecule is COC(C(=O)N1CC(=O)NC(=O)C1)c1ccccc1. The Hall–Kier alpha value is -2.21. The van der Waals surface area contributed by atoms with E-state index in [-0.39, 0.29) is 13.1 Å². The molecule has 3 amide bonds. The highest BCUT2D eigenvalue weighted by Gasteiger charge is 2.31. The van der Waals surface area contributed by atoms with E-state index in [0.29, 0.717) is 5.56 Å². The molecule has 1 aliphatic rings. The van der Waals surface area contributed by atoms with Crippen molar-refractivity contribution in [1.29, 1.82) is 0 Å². The van der Waals surface area contributed by atoms with Gasteiger partial charge in [0, 0.05) is 7.11 Å². The van der Waals surface area contributed by atoms with Crippen molar-refractivity contribution in [2.24, 2.45) is 0 Å². The number of hydrogen-bond acceptors (Lipinski definition) is 4. The molecular weight excluding hydrogens is 248 g/mol. The van der Waals surface area contributed by atoms with E-state index in [2.05, 4.69) is 5.32 Å². The van der Waals surface area contributed by atoms with Crippen molar-refractivity contribution in [2.75, 3.05) is 20.2 Å². The van der Waals surface area contributed by atoms with Crippen LogP contribution in [0.3, 0.4) is 0 Å². The summed E-state index contributed by atoms with van der Waals surface area (Å²) in [5, 5.41) is 2.15.